The number of aliphatic carboxylic acids is 1. The quantitative estimate of drug-likeness (QED) is 0.619. The molecule has 0 aromatic heterocycles. The lowest BCUT2D eigenvalue weighted by Gasteiger charge is -2.16. The summed E-state index contributed by atoms with van der Waals surface area (Å²) in [6.45, 7) is 0. The van der Waals surface area contributed by atoms with Gasteiger partial charge in [-0.05, 0) is 18.8 Å². The molecule has 1 aliphatic carbocycles. The molecule has 0 aromatic rings. The van der Waals surface area contributed by atoms with Crippen molar-refractivity contribution in [2.45, 2.75) is 44.6 Å². The first-order chi connectivity index (χ1) is 5.72. The van der Waals surface area contributed by atoms with Gasteiger partial charge in [0.05, 0.1) is 0 Å². The first-order valence-corrected chi connectivity index (χ1v) is 4.62. The zero-order chi connectivity index (χ0) is 8.97. The van der Waals surface area contributed by atoms with Gasteiger partial charge < -0.3 is 10.2 Å². The summed E-state index contributed by atoms with van der Waals surface area (Å²) in [5, 5.41) is 17.9. The zero-order valence-corrected chi connectivity index (χ0v) is 7.20. The molecule has 0 radical (unpaired) electrons. The fraction of sp³-hybridized carbons (Fsp3) is 0.889. The van der Waals surface area contributed by atoms with Crippen LogP contribution in [0.25, 0.3) is 0 Å². The third-order valence-electron chi connectivity index (χ3n) is 2.60. The lowest BCUT2D eigenvalue weighted by molar-refractivity contribution is -0.149. The van der Waals surface area contributed by atoms with E-state index in [9.17, 15) is 9.90 Å². The smallest absolute Gasteiger partial charge is 0.332 e. The molecular formula is C9H16O3. The topological polar surface area (TPSA) is 57.5 Å². The zero-order valence-electron chi connectivity index (χ0n) is 7.20. The summed E-state index contributed by atoms with van der Waals surface area (Å²) >= 11 is 0. The van der Waals surface area contributed by atoms with Gasteiger partial charge in [-0.25, -0.2) is 4.79 Å². The van der Waals surface area contributed by atoms with Crippen molar-refractivity contribution in [3.8, 4) is 0 Å². The second kappa shape index (κ2) is 4.45. The third kappa shape index (κ3) is 2.48. The van der Waals surface area contributed by atoms with Crippen LogP contribution in [0.3, 0.4) is 0 Å². The molecule has 70 valence electrons. The van der Waals surface area contributed by atoms with E-state index in [0.717, 1.165) is 25.7 Å². The molecule has 3 heteroatoms. The molecule has 12 heavy (non-hydrogen) atoms. The van der Waals surface area contributed by atoms with Crippen LogP contribution in [0.4, 0.5) is 0 Å². The van der Waals surface area contributed by atoms with Crippen LogP contribution in [0, 0.1) is 5.92 Å². The number of carbonyl (C=O) groups is 1. The highest BCUT2D eigenvalue weighted by molar-refractivity contribution is 5.72. The third-order valence-corrected chi connectivity index (χ3v) is 2.60. The lowest BCUT2D eigenvalue weighted by Crippen LogP contribution is -2.28. The maximum Gasteiger partial charge on any atom is 0.332 e. The largest absolute Gasteiger partial charge is 0.479 e. The second-order valence-electron chi connectivity index (χ2n) is 3.53. The van der Waals surface area contributed by atoms with Crippen molar-refractivity contribution in [1.29, 1.82) is 0 Å². The Kier molecular flexibility index (Phi) is 3.53. The van der Waals surface area contributed by atoms with Gasteiger partial charge in [0.1, 0.15) is 0 Å². The molecule has 1 atom stereocenters. The first-order valence-electron chi connectivity index (χ1n) is 4.62. The van der Waals surface area contributed by atoms with E-state index in [1.165, 1.54) is 12.8 Å². The van der Waals surface area contributed by atoms with E-state index in [1.807, 2.05) is 0 Å². The SMILES string of the molecule is O=C(O)C(O)C1CCCCCC1. The summed E-state index contributed by atoms with van der Waals surface area (Å²) in [4.78, 5) is 10.5. The van der Waals surface area contributed by atoms with E-state index < -0.39 is 12.1 Å². The number of hydrogen-bond donors (Lipinski definition) is 2. The molecule has 1 rings (SSSR count). The minimum Gasteiger partial charge on any atom is -0.479 e. The van der Waals surface area contributed by atoms with Crippen molar-refractivity contribution in [3.63, 3.8) is 0 Å². The van der Waals surface area contributed by atoms with Crippen LogP contribution in [-0.2, 0) is 4.79 Å². The van der Waals surface area contributed by atoms with Gasteiger partial charge in [-0.3, -0.25) is 0 Å². The van der Waals surface area contributed by atoms with Crippen LogP contribution in [-0.4, -0.2) is 22.3 Å². The highest BCUT2D eigenvalue weighted by atomic mass is 16.4. The van der Waals surface area contributed by atoms with E-state index in [1.54, 1.807) is 0 Å². The number of aliphatic hydroxyl groups is 1. The van der Waals surface area contributed by atoms with Crippen LogP contribution in [0.2, 0.25) is 0 Å². The van der Waals surface area contributed by atoms with Gasteiger partial charge in [-0.2, -0.15) is 0 Å². The van der Waals surface area contributed by atoms with Gasteiger partial charge in [-0.1, -0.05) is 25.7 Å². The molecular weight excluding hydrogens is 156 g/mol. The van der Waals surface area contributed by atoms with Gasteiger partial charge in [0, 0.05) is 0 Å². The molecule has 0 saturated heterocycles. The molecule has 2 N–H and O–H groups in total. The summed E-state index contributed by atoms with van der Waals surface area (Å²) in [6, 6.07) is 0. The maximum atomic E-state index is 10.5. The Hall–Kier alpha value is -0.570. The van der Waals surface area contributed by atoms with Crippen molar-refractivity contribution in [3.05, 3.63) is 0 Å². The van der Waals surface area contributed by atoms with Gasteiger partial charge in [0.2, 0.25) is 0 Å². The summed E-state index contributed by atoms with van der Waals surface area (Å²) in [5.41, 5.74) is 0. The number of carboxylic acids is 1. The van der Waals surface area contributed by atoms with Crippen molar-refractivity contribution in [1.82, 2.24) is 0 Å². The Morgan fingerprint density at radius 2 is 1.67 bits per heavy atom. The van der Waals surface area contributed by atoms with E-state index in [-0.39, 0.29) is 5.92 Å². The van der Waals surface area contributed by atoms with Crippen LogP contribution < -0.4 is 0 Å². The van der Waals surface area contributed by atoms with E-state index in [0.29, 0.717) is 0 Å². The highest BCUT2D eigenvalue weighted by Gasteiger charge is 2.25. The Morgan fingerprint density at radius 1 is 1.17 bits per heavy atom. The van der Waals surface area contributed by atoms with Crippen LogP contribution in [0.1, 0.15) is 38.5 Å². The fourth-order valence-electron chi connectivity index (χ4n) is 1.83. The van der Waals surface area contributed by atoms with Crippen LogP contribution in [0.5, 0.6) is 0 Å². The normalized spacial score (nSPS) is 23.1. The molecule has 0 aliphatic heterocycles. The van der Waals surface area contributed by atoms with Gasteiger partial charge in [0.15, 0.2) is 6.10 Å². The molecule has 1 fully saturated rings. The standard InChI is InChI=1S/C9H16O3/c10-8(9(11)12)7-5-3-1-2-4-6-7/h7-8,10H,1-6H2,(H,11,12). The molecule has 0 heterocycles. The molecule has 0 bridgehead atoms. The van der Waals surface area contributed by atoms with Gasteiger partial charge >= 0.3 is 5.97 Å². The summed E-state index contributed by atoms with van der Waals surface area (Å²) in [5.74, 6) is -1.08. The average molecular weight is 172 g/mol. The van der Waals surface area contributed by atoms with E-state index in [4.69, 9.17) is 5.11 Å². The lowest BCUT2D eigenvalue weighted by atomic mass is 9.94. The Bertz CT molecular complexity index is 148. The van der Waals surface area contributed by atoms with E-state index >= 15 is 0 Å². The minimum atomic E-state index is -1.14. The van der Waals surface area contributed by atoms with Gasteiger partial charge in [-0.15, -0.1) is 0 Å². The summed E-state index contributed by atoms with van der Waals surface area (Å²) < 4.78 is 0. The summed E-state index contributed by atoms with van der Waals surface area (Å²) in [6.07, 6.45) is 5.10. The number of rotatable bonds is 2. The van der Waals surface area contributed by atoms with E-state index in [2.05, 4.69) is 0 Å². The number of aliphatic hydroxyl groups excluding tert-OH is 1. The average Bonchev–Trinajstić information content (AvgIpc) is 2.30. The Balaban J connectivity index is 2.42. The molecule has 1 aliphatic rings. The Morgan fingerprint density at radius 3 is 2.08 bits per heavy atom. The van der Waals surface area contributed by atoms with Crippen molar-refractivity contribution in [2.24, 2.45) is 5.92 Å². The predicted octanol–water partition coefficient (Wildman–Crippen LogP) is 1.40. The maximum absolute atomic E-state index is 10.5. The van der Waals surface area contributed by atoms with Gasteiger partial charge in [0.25, 0.3) is 0 Å². The van der Waals surface area contributed by atoms with Crippen molar-refractivity contribution >= 4 is 5.97 Å². The van der Waals surface area contributed by atoms with Crippen molar-refractivity contribution in [2.75, 3.05) is 0 Å². The molecule has 0 aromatic carbocycles. The molecule has 1 unspecified atom stereocenters. The number of hydrogen-bond acceptors (Lipinski definition) is 2. The highest BCUT2D eigenvalue weighted by Crippen LogP contribution is 2.25. The molecule has 1 saturated carbocycles. The molecule has 0 spiro atoms. The number of carboxylic acid groups (broad SMARTS) is 1. The molecule has 0 amide bonds. The first kappa shape index (κ1) is 9.52. The van der Waals surface area contributed by atoms with Crippen LogP contribution >= 0.6 is 0 Å². The minimum absolute atomic E-state index is 0.00926. The Labute approximate surface area is 72.4 Å². The predicted molar refractivity (Wildman–Crippen MR) is 44.8 cm³/mol. The second-order valence-corrected chi connectivity index (χ2v) is 3.53. The molecule has 3 nitrogen and oxygen atoms in total. The summed E-state index contributed by atoms with van der Waals surface area (Å²) in [7, 11) is 0. The van der Waals surface area contributed by atoms with Crippen LogP contribution in [0.15, 0.2) is 0 Å². The fourth-order valence-corrected chi connectivity index (χ4v) is 1.83. The monoisotopic (exact) mass is 172 g/mol. The van der Waals surface area contributed by atoms with Crippen molar-refractivity contribution < 1.29 is 15.0 Å².